The van der Waals surface area contributed by atoms with Crippen LogP contribution >= 0.6 is 0 Å². The molecule has 1 aromatic rings. The van der Waals surface area contributed by atoms with Gasteiger partial charge in [0.2, 0.25) is 5.79 Å². The van der Waals surface area contributed by atoms with Gasteiger partial charge in [0.15, 0.2) is 6.23 Å². The molecule has 1 saturated heterocycles. The predicted molar refractivity (Wildman–Crippen MR) is 59.0 cm³/mol. The van der Waals surface area contributed by atoms with Crippen LogP contribution in [-0.4, -0.2) is 45.4 Å². The molecule has 18 heavy (non-hydrogen) atoms. The molecule has 0 aliphatic carbocycles. The molecule has 0 spiro atoms. The maximum absolute atomic E-state index is 11.6. The Bertz CT molecular complexity index is 544. The van der Waals surface area contributed by atoms with Crippen LogP contribution in [0.25, 0.3) is 0 Å². The first-order valence-corrected chi connectivity index (χ1v) is 5.37. The van der Waals surface area contributed by atoms with E-state index in [1.54, 1.807) is 6.92 Å². The van der Waals surface area contributed by atoms with Crippen LogP contribution in [0.5, 0.6) is 0 Å². The highest BCUT2D eigenvalue weighted by Gasteiger charge is 2.41. The predicted octanol–water partition coefficient (Wildman–Crippen LogP) is -1.93. The summed E-state index contributed by atoms with van der Waals surface area (Å²) in [5, 5.41) is 18.2. The lowest BCUT2D eigenvalue weighted by molar-refractivity contribution is -0.220. The molecular formula is C10H14N2O6. The molecule has 0 bridgehead atoms. The van der Waals surface area contributed by atoms with Crippen molar-refractivity contribution in [2.24, 2.45) is 0 Å². The van der Waals surface area contributed by atoms with Crippen molar-refractivity contribution in [3.05, 3.63) is 32.6 Å². The molecule has 8 nitrogen and oxygen atoms in total. The summed E-state index contributed by atoms with van der Waals surface area (Å²) in [4.78, 5) is 25.0. The standard InChI is InChI=1S/C10H14N2O6/c1-6-2-12(9(16)11-8(6)15)7-3-17-10(4-13,5-14)18-7/h2,7,13-14H,3-5H2,1H3,(H,11,15,16)/t7-/m1/s1. The third-order valence-corrected chi connectivity index (χ3v) is 2.78. The number of hydrogen-bond acceptors (Lipinski definition) is 6. The van der Waals surface area contributed by atoms with E-state index in [9.17, 15) is 9.59 Å². The van der Waals surface area contributed by atoms with E-state index >= 15 is 0 Å². The van der Waals surface area contributed by atoms with Gasteiger partial charge in [0, 0.05) is 11.8 Å². The summed E-state index contributed by atoms with van der Waals surface area (Å²) in [6.07, 6.45) is 0.548. The van der Waals surface area contributed by atoms with Crippen molar-refractivity contribution in [2.45, 2.75) is 18.9 Å². The highest BCUT2D eigenvalue weighted by molar-refractivity contribution is 5.01. The molecule has 2 rings (SSSR count). The largest absolute Gasteiger partial charge is 0.391 e. The van der Waals surface area contributed by atoms with Crippen LogP contribution in [0.2, 0.25) is 0 Å². The van der Waals surface area contributed by atoms with Crippen molar-refractivity contribution in [2.75, 3.05) is 19.8 Å². The topological polar surface area (TPSA) is 114 Å². The molecule has 1 aromatic heterocycles. The fourth-order valence-electron chi connectivity index (χ4n) is 1.69. The first kappa shape index (κ1) is 13.0. The molecule has 0 saturated carbocycles. The first-order valence-electron chi connectivity index (χ1n) is 5.37. The van der Waals surface area contributed by atoms with Crippen LogP contribution < -0.4 is 11.2 Å². The number of hydrogen-bond donors (Lipinski definition) is 3. The van der Waals surface area contributed by atoms with Gasteiger partial charge in [-0.25, -0.2) is 4.79 Å². The van der Waals surface area contributed by atoms with Gasteiger partial charge in [-0.2, -0.15) is 0 Å². The Kier molecular flexibility index (Phi) is 3.35. The summed E-state index contributed by atoms with van der Waals surface area (Å²) >= 11 is 0. The Labute approximate surface area is 101 Å². The first-order chi connectivity index (χ1) is 8.51. The zero-order chi connectivity index (χ0) is 13.3. The normalized spacial score (nSPS) is 22.3. The van der Waals surface area contributed by atoms with Gasteiger partial charge in [0.05, 0.1) is 19.8 Å². The minimum Gasteiger partial charge on any atom is -0.391 e. The number of aromatic amines is 1. The summed E-state index contributed by atoms with van der Waals surface area (Å²) in [5.41, 5.74) is -0.750. The van der Waals surface area contributed by atoms with E-state index in [0.29, 0.717) is 5.56 Å². The van der Waals surface area contributed by atoms with Gasteiger partial charge < -0.3 is 19.7 Å². The average Bonchev–Trinajstić information content (AvgIpc) is 2.79. The molecule has 0 aromatic carbocycles. The zero-order valence-electron chi connectivity index (χ0n) is 9.75. The molecule has 1 atom stereocenters. The fourth-order valence-corrected chi connectivity index (χ4v) is 1.69. The van der Waals surface area contributed by atoms with E-state index < -0.39 is 36.5 Å². The van der Waals surface area contributed by atoms with Crippen molar-refractivity contribution in [3.8, 4) is 0 Å². The molecule has 1 aliphatic heterocycles. The number of aryl methyl sites for hydroxylation is 1. The van der Waals surface area contributed by atoms with E-state index in [-0.39, 0.29) is 6.61 Å². The van der Waals surface area contributed by atoms with Gasteiger partial charge in [-0.15, -0.1) is 0 Å². The molecule has 3 N–H and O–H groups in total. The fraction of sp³-hybridized carbons (Fsp3) is 0.600. The van der Waals surface area contributed by atoms with E-state index in [1.807, 2.05) is 0 Å². The molecule has 1 fully saturated rings. The van der Waals surface area contributed by atoms with Crippen LogP contribution in [0, 0.1) is 6.92 Å². The van der Waals surface area contributed by atoms with E-state index in [1.165, 1.54) is 6.20 Å². The number of nitrogens with zero attached hydrogens (tertiary/aromatic N) is 1. The maximum Gasteiger partial charge on any atom is 0.330 e. The van der Waals surface area contributed by atoms with Gasteiger partial charge in [-0.1, -0.05) is 0 Å². The third kappa shape index (κ3) is 2.10. The lowest BCUT2D eigenvalue weighted by Gasteiger charge is -2.23. The lowest BCUT2D eigenvalue weighted by Crippen LogP contribution is -2.40. The van der Waals surface area contributed by atoms with Crippen LogP contribution in [0.1, 0.15) is 11.8 Å². The molecule has 1 aliphatic rings. The minimum atomic E-state index is -1.51. The molecule has 2 heterocycles. The van der Waals surface area contributed by atoms with Gasteiger partial charge >= 0.3 is 5.69 Å². The van der Waals surface area contributed by atoms with Crippen molar-refractivity contribution < 1.29 is 19.7 Å². The summed E-state index contributed by atoms with van der Waals surface area (Å²) in [5.74, 6) is -1.51. The Morgan fingerprint density at radius 1 is 1.50 bits per heavy atom. The SMILES string of the molecule is Cc1cn([C@H]2COC(CO)(CO)O2)c(=O)[nH]c1=O. The zero-order valence-corrected chi connectivity index (χ0v) is 9.75. The van der Waals surface area contributed by atoms with Crippen molar-refractivity contribution in [1.29, 1.82) is 0 Å². The third-order valence-electron chi connectivity index (χ3n) is 2.78. The molecule has 100 valence electrons. The molecule has 0 amide bonds. The van der Waals surface area contributed by atoms with Gasteiger partial charge in [-0.05, 0) is 6.92 Å². The van der Waals surface area contributed by atoms with E-state index in [4.69, 9.17) is 19.7 Å². The van der Waals surface area contributed by atoms with E-state index in [2.05, 4.69) is 4.98 Å². The number of rotatable bonds is 3. The van der Waals surface area contributed by atoms with Crippen LogP contribution in [0.15, 0.2) is 15.8 Å². The second-order valence-corrected chi connectivity index (χ2v) is 4.09. The van der Waals surface area contributed by atoms with Gasteiger partial charge in [0.1, 0.15) is 0 Å². The second kappa shape index (κ2) is 4.65. The van der Waals surface area contributed by atoms with Crippen LogP contribution in [0.4, 0.5) is 0 Å². The highest BCUT2D eigenvalue weighted by atomic mass is 16.8. The number of ether oxygens (including phenoxy) is 2. The Hall–Kier alpha value is -1.48. The minimum absolute atomic E-state index is 0.00743. The smallest absolute Gasteiger partial charge is 0.330 e. The molecule has 8 heteroatoms. The average molecular weight is 258 g/mol. The number of nitrogens with one attached hydrogen (secondary N) is 1. The van der Waals surface area contributed by atoms with Crippen molar-refractivity contribution in [3.63, 3.8) is 0 Å². The summed E-state index contributed by atoms with van der Waals surface area (Å²) in [6.45, 7) is 0.483. The second-order valence-electron chi connectivity index (χ2n) is 4.09. The monoisotopic (exact) mass is 258 g/mol. The summed E-state index contributed by atoms with van der Waals surface area (Å²) in [6, 6.07) is 0. The summed E-state index contributed by atoms with van der Waals surface area (Å²) < 4.78 is 11.6. The number of aromatic nitrogens is 2. The molecule has 0 radical (unpaired) electrons. The van der Waals surface area contributed by atoms with Crippen molar-refractivity contribution in [1.82, 2.24) is 9.55 Å². The Morgan fingerprint density at radius 3 is 2.72 bits per heavy atom. The van der Waals surface area contributed by atoms with Crippen molar-refractivity contribution >= 4 is 0 Å². The lowest BCUT2D eigenvalue weighted by atomic mass is 10.3. The summed E-state index contributed by atoms with van der Waals surface area (Å²) in [7, 11) is 0. The van der Waals surface area contributed by atoms with E-state index in [0.717, 1.165) is 4.57 Å². The Morgan fingerprint density at radius 2 is 2.17 bits per heavy atom. The molecular weight excluding hydrogens is 244 g/mol. The number of aliphatic hydroxyl groups is 2. The van der Waals surface area contributed by atoms with Gasteiger partial charge in [0.25, 0.3) is 5.56 Å². The quantitative estimate of drug-likeness (QED) is 0.582. The maximum atomic E-state index is 11.6. The molecule has 0 unspecified atom stereocenters. The Balaban J connectivity index is 2.33. The number of aliphatic hydroxyl groups excluding tert-OH is 2. The number of H-pyrrole nitrogens is 1. The van der Waals surface area contributed by atoms with Gasteiger partial charge in [-0.3, -0.25) is 14.3 Å². The van der Waals surface area contributed by atoms with Crippen LogP contribution in [-0.2, 0) is 9.47 Å². The highest BCUT2D eigenvalue weighted by Crippen LogP contribution is 2.28. The van der Waals surface area contributed by atoms with Crippen LogP contribution in [0.3, 0.4) is 0 Å².